The first-order chi connectivity index (χ1) is 19.0. The summed E-state index contributed by atoms with van der Waals surface area (Å²) in [6.07, 6.45) is 2.11. The molecule has 0 saturated carbocycles. The number of hydrogen-bond acceptors (Lipinski definition) is 5. The molecule has 0 spiro atoms. The molecule has 0 fully saturated rings. The number of nitrogens with zero attached hydrogens (tertiary/aromatic N) is 1. The molecule has 1 aromatic carbocycles. The third kappa shape index (κ3) is 10.5. The zero-order valence-electron chi connectivity index (χ0n) is 22.9. The van der Waals surface area contributed by atoms with Gasteiger partial charge in [-0.1, -0.05) is 51.5 Å². The number of fused-ring (bicyclic) bond motifs is 1. The van der Waals surface area contributed by atoms with Crippen LogP contribution in [0.5, 0.6) is 0 Å². The molecule has 1 heterocycles. The van der Waals surface area contributed by atoms with Gasteiger partial charge in [-0.15, -0.1) is 11.8 Å². The Kier molecular flexibility index (Phi) is 14.8. The molecular weight excluding hydrogens is 571 g/mol. The maximum absolute atomic E-state index is 13.0. The molecular formula is C28H39F5N2O3S2. The molecule has 0 saturated heterocycles. The van der Waals surface area contributed by atoms with Crippen LogP contribution in [0, 0.1) is 0 Å². The van der Waals surface area contributed by atoms with Gasteiger partial charge in [0.15, 0.2) is 0 Å². The van der Waals surface area contributed by atoms with Gasteiger partial charge in [0, 0.05) is 23.4 Å². The van der Waals surface area contributed by atoms with Crippen molar-refractivity contribution in [1.29, 1.82) is 0 Å². The van der Waals surface area contributed by atoms with Crippen LogP contribution in [0.3, 0.4) is 0 Å². The molecule has 5 nitrogen and oxygen atoms in total. The minimum Gasteiger partial charge on any atom is -0.322 e. The topological polar surface area (TPSA) is 66.5 Å². The van der Waals surface area contributed by atoms with Crippen LogP contribution < -0.4 is 5.32 Å². The van der Waals surface area contributed by atoms with Crippen LogP contribution in [0.4, 0.5) is 22.0 Å². The standard InChI is InChI=1S/C28H39F5N2O3S2/c1-2-12-23(25(37)34-20-36)35-19-22-21(26(35)38)13-10-14-24(22)40-18-9-7-5-3-4-6-8-16-39-17-11-15-27(29,30)28(31,32)33/h10,13-14,20,23H,2-9,11-12,15-19H2,1H3,(H,34,36,37). The first-order valence-corrected chi connectivity index (χ1v) is 16.0. The van der Waals surface area contributed by atoms with E-state index in [1.54, 1.807) is 22.7 Å². The van der Waals surface area contributed by atoms with E-state index < -0.39 is 30.5 Å². The van der Waals surface area contributed by atoms with Crippen molar-refractivity contribution in [1.82, 2.24) is 10.2 Å². The number of carbonyl (C=O) groups is 3. The Morgan fingerprint density at radius 2 is 1.62 bits per heavy atom. The SMILES string of the molecule is CCCC(C(=O)NC=O)N1Cc2c(SCCCCCCCCCSCCCC(F)(F)C(F)(F)F)cccc2C1=O. The molecule has 0 aromatic heterocycles. The Hall–Kier alpha value is -1.82. The minimum absolute atomic E-state index is 0.145. The number of nitrogens with one attached hydrogen (secondary N) is 1. The molecule has 1 aliphatic heterocycles. The van der Waals surface area contributed by atoms with Gasteiger partial charge < -0.3 is 4.90 Å². The highest BCUT2D eigenvalue weighted by atomic mass is 32.2. The number of carbonyl (C=O) groups excluding carboxylic acids is 3. The minimum atomic E-state index is -5.46. The lowest BCUT2D eigenvalue weighted by Crippen LogP contribution is -2.46. The van der Waals surface area contributed by atoms with E-state index >= 15 is 0 Å². The number of thioether (sulfide) groups is 2. The highest BCUT2D eigenvalue weighted by Gasteiger charge is 2.56. The zero-order valence-corrected chi connectivity index (χ0v) is 24.5. The Morgan fingerprint density at radius 1 is 1.00 bits per heavy atom. The second-order valence-electron chi connectivity index (χ2n) is 9.89. The van der Waals surface area contributed by atoms with Crippen LogP contribution in [-0.4, -0.2) is 58.5 Å². The van der Waals surface area contributed by atoms with Crippen LogP contribution in [0.1, 0.15) is 93.5 Å². The highest BCUT2D eigenvalue weighted by Crippen LogP contribution is 2.39. The predicted octanol–water partition coefficient (Wildman–Crippen LogP) is 7.62. The summed E-state index contributed by atoms with van der Waals surface area (Å²) in [5, 5.41) is 2.18. The summed E-state index contributed by atoms with van der Waals surface area (Å²) in [7, 11) is 0. The number of unbranched alkanes of at least 4 members (excludes halogenated alkanes) is 6. The Balaban J connectivity index is 1.59. The maximum Gasteiger partial charge on any atom is 0.453 e. The van der Waals surface area contributed by atoms with Crippen LogP contribution >= 0.6 is 23.5 Å². The molecule has 1 atom stereocenters. The lowest BCUT2D eigenvalue weighted by atomic mass is 10.1. The fourth-order valence-electron chi connectivity index (χ4n) is 4.58. The molecule has 226 valence electrons. The fraction of sp³-hybridized carbons (Fsp3) is 0.679. The van der Waals surface area contributed by atoms with Gasteiger partial charge in [0.2, 0.25) is 12.3 Å². The molecule has 1 unspecified atom stereocenters. The van der Waals surface area contributed by atoms with Crippen LogP contribution in [0.25, 0.3) is 0 Å². The third-order valence-corrected chi connectivity index (χ3v) is 9.12. The number of alkyl halides is 5. The Labute approximate surface area is 241 Å². The average molecular weight is 611 g/mol. The van der Waals surface area contributed by atoms with E-state index in [9.17, 15) is 36.3 Å². The molecule has 40 heavy (non-hydrogen) atoms. The fourth-order valence-corrected chi connectivity index (χ4v) is 6.63. The van der Waals surface area contributed by atoms with Crippen molar-refractivity contribution in [3.05, 3.63) is 29.3 Å². The van der Waals surface area contributed by atoms with Gasteiger partial charge in [0.1, 0.15) is 6.04 Å². The molecule has 12 heteroatoms. The summed E-state index contributed by atoms with van der Waals surface area (Å²) >= 11 is 3.14. The second kappa shape index (κ2) is 17.2. The van der Waals surface area contributed by atoms with E-state index in [0.717, 1.165) is 66.9 Å². The van der Waals surface area contributed by atoms with Gasteiger partial charge in [-0.25, -0.2) is 0 Å². The summed E-state index contributed by atoms with van der Waals surface area (Å²) in [6, 6.07) is 4.97. The quantitative estimate of drug-likeness (QED) is 0.0712. The van der Waals surface area contributed by atoms with Crippen molar-refractivity contribution >= 4 is 41.7 Å². The zero-order chi connectivity index (χ0) is 29.6. The first kappa shape index (κ1) is 34.4. The van der Waals surface area contributed by atoms with E-state index in [-0.39, 0.29) is 12.3 Å². The summed E-state index contributed by atoms with van der Waals surface area (Å²) in [6.45, 7) is 2.28. The monoisotopic (exact) mass is 610 g/mol. The predicted molar refractivity (Wildman–Crippen MR) is 150 cm³/mol. The summed E-state index contributed by atoms with van der Waals surface area (Å²) in [4.78, 5) is 38.7. The summed E-state index contributed by atoms with van der Waals surface area (Å²) in [5.41, 5.74) is 1.55. The molecule has 3 amide bonds. The average Bonchev–Trinajstić information content (AvgIpc) is 3.23. The van der Waals surface area contributed by atoms with Crippen molar-refractivity contribution in [3.8, 4) is 0 Å². The van der Waals surface area contributed by atoms with Crippen molar-refractivity contribution < 1.29 is 36.3 Å². The molecule has 2 rings (SSSR count). The Morgan fingerprint density at radius 3 is 2.25 bits per heavy atom. The number of imide groups is 1. The van der Waals surface area contributed by atoms with Crippen molar-refractivity contribution in [2.75, 3.05) is 17.3 Å². The third-order valence-electron chi connectivity index (χ3n) is 6.78. The molecule has 1 aromatic rings. The molecule has 0 radical (unpaired) electrons. The van der Waals surface area contributed by atoms with Gasteiger partial charge >= 0.3 is 12.1 Å². The van der Waals surface area contributed by atoms with Gasteiger partial charge in [-0.3, -0.25) is 19.7 Å². The summed E-state index contributed by atoms with van der Waals surface area (Å²) in [5.74, 6) is -3.23. The lowest BCUT2D eigenvalue weighted by molar-refractivity contribution is -0.284. The molecule has 0 aliphatic carbocycles. The molecule has 1 N–H and O–H groups in total. The van der Waals surface area contributed by atoms with E-state index in [0.29, 0.717) is 37.1 Å². The van der Waals surface area contributed by atoms with E-state index in [4.69, 9.17) is 0 Å². The van der Waals surface area contributed by atoms with Crippen molar-refractivity contribution in [2.45, 2.75) is 107 Å². The van der Waals surface area contributed by atoms with E-state index in [1.807, 2.05) is 19.1 Å². The van der Waals surface area contributed by atoms with Crippen LogP contribution in [0.2, 0.25) is 0 Å². The highest BCUT2D eigenvalue weighted by molar-refractivity contribution is 7.99. The Bertz CT molecular complexity index is 962. The van der Waals surface area contributed by atoms with Gasteiger partial charge in [-0.2, -0.15) is 33.7 Å². The second-order valence-corrected chi connectivity index (χ2v) is 12.2. The normalized spacial score (nSPS) is 14.3. The number of amides is 3. The number of rotatable bonds is 20. The number of halogens is 5. The number of hydrogen-bond donors (Lipinski definition) is 1. The van der Waals surface area contributed by atoms with Crippen molar-refractivity contribution in [3.63, 3.8) is 0 Å². The van der Waals surface area contributed by atoms with Gasteiger partial charge in [-0.05, 0) is 60.6 Å². The van der Waals surface area contributed by atoms with Gasteiger partial charge in [0.05, 0.1) is 0 Å². The maximum atomic E-state index is 13.0. The first-order valence-electron chi connectivity index (χ1n) is 13.9. The van der Waals surface area contributed by atoms with E-state index in [1.165, 1.54) is 11.8 Å². The van der Waals surface area contributed by atoms with Gasteiger partial charge in [0.25, 0.3) is 5.91 Å². The lowest BCUT2D eigenvalue weighted by Gasteiger charge is -2.25. The van der Waals surface area contributed by atoms with Crippen LogP contribution in [0.15, 0.2) is 23.1 Å². The van der Waals surface area contributed by atoms with Crippen LogP contribution in [-0.2, 0) is 16.1 Å². The smallest absolute Gasteiger partial charge is 0.322 e. The summed E-state index contributed by atoms with van der Waals surface area (Å²) < 4.78 is 62.1. The number of benzene rings is 1. The van der Waals surface area contributed by atoms with E-state index in [2.05, 4.69) is 5.32 Å². The molecule has 1 aliphatic rings. The largest absolute Gasteiger partial charge is 0.453 e. The van der Waals surface area contributed by atoms with Crippen molar-refractivity contribution in [2.24, 2.45) is 0 Å². The molecule has 0 bridgehead atoms.